The van der Waals surface area contributed by atoms with Crippen LogP contribution in [0.15, 0.2) is 48.1 Å². The van der Waals surface area contributed by atoms with Crippen molar-refractivity contribution in [2.45, 2.75) is 52.0 Å². The van der Waals surface area contributed by atoms with E-state index in [1.165, 1.54) is 29.5 Å². The number of hydrogen-bond donors (Lipinski definition) is 1. The summed E-state index contributed by atoms with van der Waals surface area (Å²) in [5, 5.41) is 3.71. The van der Waals surface area contributed by atoms with Gasteiger partial charge in [-0.3, -0.25) is 0 Å². The third-order valence-electron chi connectivity index (χ3n) is 4.22. The molecule has 0 bridgehead atoms. The second-order valence-corrected chi connectivity index (χ2v) is 6.27. The van der Waals surface area contributed by atoms with Gasteiger partial charge >= 0.3 is 0 Å². The first-order chi connectivity index (χ1) is 9.56. The maximum absolute atomic E-state index is 3.71. The van der Waals surface area contributed by atoms with Crippen molar-refractivity contribution in [2.24, 2.45) is 0 Å². The van der Waals surface area contributed by atoms with E-state index in [2.05, 4.69) is 75.5 Å². The summed E-state index contributed by atoms with van der Waals surface area (Å²) in [5.41, 5.74) is 4.30. The summed E-state index contributed by atoms with van der Waals surface area (Å²) in [5.74, 6) is 0.443. The van der Waals surface area contributed by atoms with E-state index in [9.17, 15) is 0 Å². The smallest absolute Gasteiger partial charge is 0.0380 e. The van der Waals surface area contributed by atoms with Crippen molar-refractivity contribution in [2.75, 3.05) is 6.54 Å². The molecule has 0 saturated carbocycles. The van der Waals surface area contributed by atoms with Crippen LogP contribution in [0.2, 0.25) is 0 Å². The third-order valence-corrected chi connectivity index (χ3v) is 4.22. The molecule has 1 aliphatic carbocycles. The molecule has 1 heteroatoms. The maximum Gasteiger partial charge on any atom is 0.0380 e. The monoisotopic (exact) mass is 269 g/mol. The Morgan fingerprint density at radius 3 is 2.60 bits per heavy atom. The molecular weight excluding hydrogens is 242 g/mol. The van der Waals surface area contributed by atoms with Gasteiger partial charge in [-0.2, -0.15) is 0 Å². The van der Waals surface area contributed by atoms with Gasteiger partial charge in [0.05, 0.1) is 0 Å². The molecule has 0 fully saturated rings. The van der Waals surface area contributed by atoms with Crippen LogP contribution < -0.4 is 5.32 Å². The first-order valence-electron chi connectivity index (χ1n) is 7.75. The van der Waals surface area contributed by atoms with Gasteiger partial charge in [0.15, 0.2) is 0 Å². The highest BCUT2D eigenvalue weighted by Gasteiger charge is 2.26. The van der Waals surface area contributed by atoms with Crippen LogP contribution in [0.5, 0.6) is 0 Å². The Morgan fingerprint density at radius 2 is 1.95 bits per heavy atom. The minimum absolute atomic E-state index is 0.0163. The highest BCUT2D eigenvalue weighted by atomic mass is 14.9. The van der Waals surface area contributed by atoms with Crippen LogP contribution in [0.25, 0.3) is 0 Å². The zero-order chi connectivity index (χ0) is 14.6. The number of unbranched alkanes of at least 4 members (excludes halogenated alkanes) is 1. The summed E-state index contributed by atoms with van der Waals surface area (Å²) in [6.07, 6.45) is 9.16. The van der Waals surface area contributed by atoms with E-state index in [1.54, 1.807) is 0 Å². The van der Waals surface area contributed by atoms with E-state index < -0.39 is 0 Å². The molecule has 1 atom stereocenters. The van der Waals surface area contributed by atoms with Crippen LogP contribution >= 0.6 is 0 Å². The van der Waals surface area contributed by atoms with Crippen LogP contribution in [0, 0.1) is 0 Å². The highest BCUT2D eigenvalue weighted by Crippen LogP contribution is 2.36. The third kappa shape index (κ3) is 3.21. The van der Waals surface area contributed by atoms with Crippen LogP contribution in [0.1, 0.15) is 57.6 Å². The van der Waals surface area contributed by atoms with E-state index in [1.807, 2.05) is 0 Å². The molecule has 0 spiro atoms. The van der Waals surface area contributed by atoms with Gasteiger partial charge in [-0.15, -0.1) is 0 Å². The molecule has 1 nitrogen and oxygen atoms in total. The first kappa shape index (κ1) is 15.1. The minimum atomic E-state index is 0.0163. The maximum atomic E-state index is 3.71. The second kappa shape index (κ2) is 6.41. The summed E-state index contributed by atoms with van der Waals surface area (Å²) < 4.78 is 0. The van der Waals surface area contributed by atoms with Gasteiger partial charge in [-0.05, 0) is 44.9 Å². The predicted octanol–water partition coefficient (Wildman–Crippen LogP) is 4.91. The first-order valence-corrected chi connectivity index (χ1v) is 7.75. The number of rotatable bonds is 6. The largest absolute Gasteiger partial charge is 0.308 e. The zero-order valence-corrected chi connectivity index (χ0v) is 13.2. The Balaban J connectivity index is 2.27. The van der Waals surface area contributed by atoms with E-state index in [0.717, 1.165) is 6.54 Å². The van der Waals surface area contributed by atoms with Gasteiger partial charge in [-0.25, -0.2) is 0 Å². The fraction of sp³-hybridized carbons (Fsp3) is 0.474. The molecular formula is C19H27N. The van der Waals surface area contributed by atoms with Gasteiger partial charge in [0.1, 0.15) is 0 Å². The molecule has 1 unspecified atom stereocenters. The number of hydrogen-bond acceptors (Lipinski definition) is 1. The van der Waals surface area contributed by atoms with Crippen molar-refractivity contribution >= 4 is 0 Å². The van der Waals surface area contributed by atoms with Gasteiger partial charge in [0.25, 0.3) is 0 Å². The van der Waals surface area contributed by atoms with Crippen molar-refractivity contribution in [3.8, 4) is 0 Å². The fourth-order valence-electron chi connectivity index (χ4n) is 2.93. The highest BCUT2D eigenvalue weighted by molar-refractivity contribution is 5.46. The van der Waals surface area contributed by atoms with Crippen LogP contribution in [0.4, 0.5) is 0 Å². The lowest BCUT2D eigenvalue weighted by Crippen LogP contribution is -2.38. The van der Waals surface area contributed by atoms with Gasteiger partial charge < -0.3 is 5.32 Å². The fourth-order valence-corrected chi connectivity index (χ4v) is 2.93. The number of allylic oxidation sites excluding steroid dienone is 4. The molecule has 1 aromatic carbocycles. The molecule has 1 N–H and O–H groups in total. The second-order valence-electron chi connectivity index (χ2n) is 6.27. The Hall–Kier alpha value is -1.34. The van der Waals surface area contributed by atoms with Crippen molar-refractivity contribution in [1.29, 1.82) is 0 Å². The molecule has 0 aliphatic heterocycles. The Labute approximate surface area is 123 Å². The van der Waals surface area contributed by atoms with Crippen molar-refractivity contribution < 1.29 is 0 Å². The van der Waals surface area contributed by atoms with Gasteiger partial charge in [0, 0.05) is 11.5 Å². The van der Waals surface area contributed by atoms with E-state index in [-0.39, 0.29) is 5.54 Å². The molecule has 1 aromatic rings. The van der Waals surface area contributed by atoms with Crippen LogP contribution in [0.3, 0.4) is 0 Å². The quantitative estimate of drug-likeness (QED) is 0.723. The van der Waals surface area contributed by atoms with Crippen molar-refractivity contribution in [3.63, 3.8) is 0 Å². The summed E-state index contributed by atoms with van der Waals surface area (Å²) in [6, 6.07) is 8.85. The molecule has 0 heterocycles. The molecule has 1 aliphatic rings. The van der Waals surface area contributed by atoms with Gasteiger partial charge in [0.2, 0.25) is 0 Å². The summed E-state index contributed by atoms with van der Waals surface area (Å²) in [4.78, 5) is 0. The number of nitrogens with one attached hydrogen (secondary N) is 1. The van der Waals surface area contributed by atoms with Crippen LogP contribution in [-0.2, 0) is 5.54 Å². The average Bonchev–Trinajstić information content (AvgIpc) is 2.85. The van der Waals surface area contributed by atoms with E-state index in [4.69, 9.17) is 0 Å². The molecule has 0 aromatic heterocycles. The normalized spacial score (nSPS) is 18.4. The molecule has 0 saturated heterocycles. The van der Waals surface area contributed by atoms with Crippen LogP contribution in [-0.4, -0.2) is 6.54 Å². The molecule has 0 radical (unpaired) electrons. The SMILES string of the molecule is CCCCNC(C)(C)c1ccccc1C1C=CC=C1C. The standard InChI is InChI=1S/C19H27N/c1-5-6-14-20-19(3,4)18-13-8-7-11-17(18)16-12-9-10-15(16)2/h7-13,16,20H,5-6,14H2,1-4H3. The summed E-state index contributed by atoms with van der Waals surface area (Å²) >= 11 is 0. The Kier molecular flexibility index (Phi) is 4.82. The summed E-state index contributed by atoms with van der Waals surface area (Å²) in [7, 11) is 0. The van der Waals surface area contributed by atoms with Crippen molar-refractivity contribution in [1.82, 2.24) is 5.32 Å². The van der Waals surface area contributed by atoms with Crippen molar-refractivity contribution in [3.05, 3.63) is 59.2 Å². The molecule has 108 valence electrons. The number of benzene rings is 1. The Bertz CT molecular complexity index is 508. The van der Waals surface area contributed by atoms with E-state index >= 15 is 0 Å². The lowest BCUT2D eigenvalue weighted by Gasteiger charge is -2.31. The molecule has 0 amide bonds. The minimum Gasteiger partial charge on any atom is -0.308 e. The predicted molar refractivity (Wildman–Crippen MR) is 88.0 cm³/mol. The molecule has 20 heavy (non-hydrogen) atoms. The van der Waals surface area contributed by atoms with Gasteiger partial charge in [-0.1, -0.05) is 61.4 Å². The summed E-state index contributed by atoms with van der Waals surface area (Å²) in [6.45, 7) is 10.1. The Morgan fingerprint density at radius 1 is 1.20 bits per heavy atom. The topological polar surface area (TPSA) is 12.0 Å². The van der Waals surface area contributed by atoms with E-state index in [0.29, 0.717) is 5.92 Å². The zero-order valence-electron chi connectivity index (χ0n) is 13.2. The molecule has 2 rings (SSSR count). The lowest BCUT2D eigenvalue weighted by atomic mass is 9.83. The average molecular weight is 269 g/mol. The lowest BCUT2D eigenvalue weighted by molar-refractivity contribution is 0.396.